The van der Waals surface area contributed by atoms with E-state index in [-0.39, 0.29) is 5.41 Å². The summed E-state index contributed by atoms with van der Waals surface area (Å²) in [6, 6.07) is 2.70. The van der Waals surface area contributed by atoms with E-state index in [4.69, 9.17) is 0 Å². The molecular weight excluding hydrogens is 222 g/mol. The molecule has 1 aromatic heterocycles. The Kier molecular flexibility index (Phi) is 2.84. The Morgan fingerprint density at radius 2 is 1.89 bits per heavy atom. The number of nitrogens with zero attached hydrogens (tertiary/aromatic N) is 1. The summed E-state index contributed by atoms with van der Waals surface area (Å²) in [4.78, 5) is 12.2. The standard InChI is InChI=1S/C16H23NO/c1-16(2)10-14-13(15(18)11-16)8-9-17(14)12-6-4-3-5-7-12/h8-9,12H,3-7,10-11H2,1-2H3. The Balaban J connectivity index is 1.96. The minimum atomic E-state index is 0.134. The van der Waals surface area contributed by atoms with Gasteiger partial charge in [-0.3, -0.25) is 4.79 Å². The SMILES string of the molecule is CC1(C)CC(=O)c2ccn(C3CCCCC3)c2C1. The normalized spacial score (nSPS) is 24.0. The first kappa shape index (κ1) is 12.0. The number of hydrogen-bond donors (Lipinski definition) is 0. The van der Waals surface area contributed by atoms with Crippen LogP contribution in [0.25, 0.3) is 0 Å². The molecule has 2 aliphatic carbocycles. The molecule has 0 bridgehead atoms. The molecule has 2 heteroatoms. The van der Waals surface area contributed by atoms with Gasteiger partial charge in [-0.25, -0.2) is 0 Å². The van der Waals surface area contributed by atoms with Crippen LogP contribution in [0.3, 0.4) is 0 Å². The molecule has 2 nitrogen and oxygen atoms in total. The summed E-state index contributed by atoms with van der Waals surface area (Å²) < 4.78 is 2.42. The first-order valence-electron chi connectivity index (χ1n) is 7.30. The zero-order chi connectivity index (χ0) is 12.8. The van der Waals surface area contributed by atoms with Crippen molar-refractivity contribution in [3.8, 4) is 0 Å². The topological polar surface area (TPSA) is 22.0 Å². The van der Waals surface area contributed by atoms with E-state index in [2.05, 4.69) is 30.7 Å². The van der Waals surface area contributed by atoms with Gasteiger partial charge < -0.3 is 4.57 Å². The zero-order valence-electron chi connectivity index (χ0n) is 11.5. The van der Waals surface area contributed by atoms with Crippen LogP contribution in [-0.4, -0.2) is 10.4 Å². The Bertz CT molecular complexity index is 463. The molecule has 0 unspecified atom stereocenters. The molecule has 2 aliphatic rings. The van der Waals surface area contributed by atoms with Crippen molar-refractivity contribution in [2.24, 2.45) is 5.41 Å². The predicted octanol–water partition coefficient (Wildman–Crippen LogP) is 4.15. The monoisotopic (exact) mass is 245 g/mol. The van der Waals surface area contributed by atoms with Crippen LogP contribution in [-0.2, 0) is 6.42 Å². The maximum absolute atomic E-state index is 12.2. The van der Waals surface area contributed by atoms with Gasteiger partial charge in [0.05, 0.1) is 0 Å². The molecule has 0 atom stereocenters. The van der Waals surface area contributed by atoms with E-state index in [9.17, 15) is 4.79 Å². The first-order valence-corrected chi connectivity index (χ1v) is 7.30. The van der Waals surface area contributed by atoms with Crippen LogP contribution in [0.5, 0.6) is 0 Å². The smallest absolute Gasteiger partial charge is 0.165 e. The maximum atomic E-state index is 12.2. The number of carbonyl (C=O) groups excluding carboxylic acids is 1. The molecule has 18 heavy (non-hydrogen) atoms. The molecule has 1 heterocycles. The Labute approximate surface area is 109 Å². The lowest BCUT2D eigenvalue weighted by Crippen LogP contribution is -2.29. The van der Waals surface area contributed by atoms with Crippen molar-refractivity contribution in [1.29, 1.82) is 0 Å². The van der Waals surface area contributed by atoms with E-state index >= 15 is 0 Å². The maximum Gasteiger partial charge on any atom is 0.165 e. The summed E-state index contributed by atoms with van der Waals surface area (Å²) in [6.07, 6.45) is 10.6. The molecule has 0 saturated heterocycles. The van der Waals surface area contributed by atoms with Gasteiger partial charge in [-0.1, -0.05) is 33.1 Å². The summed E-state index contributed by atoms with van der Waals surface area (Å²) in [5.41, 5.74) is 2.44. The number of Topliss-reactive ketones (excluding diaryl/α,β-unsaturated/α-hetero) is 1. The van der Waals surface area contributed by atoms with Gasteiger partial charge in [0.25, 0.3) is 0 Å². The lowest BCUT2D eigenvalue weighted by Gasteiger charge is -2.32. The minimum absolute atomic E-state index is 0.134. The van der Waals surface area contributed by atoms with Crippen molar-refractivity contribution in [2.45, 2.75) is 64.8 Å². The van der Waals surface area contributed by atoms with E-state index < -0.39 is 0 Å². The van der Waals surface area contributed by atoms with Gasteiger partial charge in [0, 0.05) is 29.9 Å². The first-order chi connectivity index (χ1) is 8.57. The van der Waals surface area contributed by atoms with Gasteiger partial charge in [-0.15, -0.1) is 0 Å². The molecule has 0 aromatic carbocycles. The average molecular weight is 245 g/mol. The third kappa shape index (κ3) is 2.02. The van der Waals surface area contributed by atoms with Crippen LogP contribution in [0.1, 0.15) is 74.5 Å². The van der Waals surface area contributed by atoms with Gasteiger partial charge in [0.15, 0.2) is 5.78 Å². The molecule has 0 radical (unpaired) electrons. The molecule has 0 N–H and O–H groups in total. The van der Waals surface area contributed by atoms with Crippen molar-refractivity contribution in [1.82, 2.24) is 4.57 Å². The fraction of sp³-hybridized carbons (Fsp3) is 0.688. The number of rotatable bonds is 1. The lowest BCUT2D eigenvalue weighted by atomic mass is 9.76. The molecule has 1 saturated carbocycles. The summed E-state index contributed by atoms with van der Waals surface area (Å²) in [7, 11) is 0. The van der Waals surface area contributed by atoms with Crippen molar-refractivity contribution in [2.75, 3.05) is 0 Å². The quantitative estimate of drug-likeness (QED) is 0.728. The van der Waals surface area contributed by atoms with E-state index in [1.54, 1.807) is 0 Å². The van der Waals surface area contributed by atoms with Crippen molar-refractivity contribution >= 4 is 5.78 Å². The molecule has 3 rings (SSSR count). The van der Waals surface area contributed by atoms with E-state index in [0.29, 0.717) is 18.2 Å². The number of hydrogen-bond acceptors (Lipinski definition) is 1. The highest BCUT2D eigenvalue weighted by Gasteiger charge is 2.34. The summed E-state index contributed by atoms with van der Waals surface area (Å²) in [5, 5.41) is 0. The Hall–Kier alpha value is -1.05. The van der Waals surface area contributed by atoms with Crippen molar-refractivity contribution < 1.29 is 4.79 Å². The summed E-state index contributed by atoms with van der Waals surface area (Å²) in [6.45, 7) is 4.43. The highest BCUT2D eigenvalue weighted by molar-refractivity contribution is 5.98. The second-order valence-corrected chi connectivity index (χ2v) is 6.82. The van der Waals surface area contributed by atoms with Crippen LogP contribution >= 0.6 is 0 Å². The van der Waals surface area contributed by atoms with Crippen LogP contribution in [0.2, 0.25) is 0 Å². The molecule has 0 spiro atoms. The fourth-order valence-corrected chi connectivity index (χ4v) is 3.67. The van der Waals surface area contributed by atoms with Gasteiger partial charge in [-0.2, -0.15) is 0 Å². The largest absolute Gasteiger partial charge is 0.348 e. The zero-order valence-corrected chi connectivity index (χ0v) is 11.5. The molecule has 1 aromatic rings. The minimum Gasteiger partial charge on any atom is -0.348 e. The number of fused-ring (bicyclic) bond motifs is 1. The summed E-state index contributed by atoms with van der Waals surface area (Å²) in [5.74, 6) is 0.343. The van der Waals surface area contributed by atoms with E-state index in [1.807, 2.05) is 0 Å². The van der Waals surface area contributed by atoms with Gasteiger partial charge in [0.2, 0.25) is 0 Å². The Morgan fingerprint density at radius 3 is 2.61 bits per heavy atom. The predicted molar refractivity (Wildman–Crippen MR) is 73.0 cm³/mol. The average Bonchev–Trinajstić information content (AvgIpc) is 2.72. The molecule has 0 aliphatic heterocycles. The third-order valence-electron chi connectivity index (χ3n) is 4.58. The molecule has 1 fully saturated rings. The van der Waals surface area contributed by atoms with Crippen LogP contribution < -0.4 is 0 Å². The lowest BCUT2D eigenvalue weighted by molar-refractivity contribution is 0.0909. The number of ketones is 1. The highest BCUT2D eigenvalue weighted by atomic mass is 16.1. The highest BCUT2D eigenvalue weighted by Crippen LogP contribution is 2.38. The van der Waals surface area contributed by atoms with Gasteiger partial charge >= 0.3 is 0 Å². The molecule has 98 valence electrons. The van der Waals surface area contributed by atoms with Crippen molar-refractivity contribution in [3.05, 3.63) is 23.5 Å². The van der Waals surface area contributed by atoms with Crippen molar-refractivity contribution in [3.63, 3.8) is 0 Å². The third-order valence-corrected chi connectivity index (χ3v) is 4.58. The van der Waals surface area contributed by atoms with E-state index in [1.165, 1.54) is 37.8 Å². The van der Waals surface area contributed by atoms with Crippen LogP contribution in [0.4, 0.5) is 0 Å². The van der Waals surface area contributed by atoms with E-state index in [0.717, 1.165) is 12.0 Å². The number of aromatic nitrogens is 1. The van der Waals surface area contributed by atoms with Crippen LogP contribution in [0.15, 0.2) is 12.3 Å². The second-order valence-electron chi connectivity index (χ2n) is 6.82. The van der Waals surface area contributed by atoms with Crippen LogP contribution in [0, 0.1) is 5.41 Å². The Morgan fingerprint density at radius 1 is 1.17 bits per heavy atom. The number of carbonyl (C=O) groups is 1. The fourth-order valence-electron chi connectivity index (χ4n) is 3.67. The second kappa shape index (κ2) is 4.25. The van der Waals surface area contributed by atoms with Gasteiger partial charge in [-0.05, 0) is 30.7 Å². The molecular formula is C16H23NO. The molecule has 0 amide bonds. The summed E-state index contributed by atoms with van der Waals surface area (Å²) >= 11 is 0. The van der Waals surface area contributed by atoms with Gasteiger partial charge in [0.1, 0.15) is 0 Å².